The first-order chi connectivity index (χ1) is 9.61. The van der Waals surface area contributed by atoms with E-state index in [9.17, 15) is 15.4 Å². The fourth-order valence-electron chi connectivity index (χ4n) is 2.10. The van der Waals surface area contributed by atoms with Crippen molar-refractivity contribution in [1.82, 2.24) is 9.78 Å². The van der Waals surface area contributed by atoms with Gasteiger partial charge in [0.1, 0.15) is 23.1 Å². The Morgan fingerprint density at radius 2 is 2.05 bits per heavy atom. The smallest absolute Gasteiger partial charge is 0.269 e. The summed E-state index contributed by atoms with van der Waals surface area (Å²) in [5, 5.41) is 24.3. The SMILES string of the molecule is N#Cc1c(-c2ccc([N+](=O)[O-])cc2)nn(C2CC2)c1N. The predicted octanol–water partition coefficient (Wildman–Crippen LogP) is 2.25. The van der Waals surface area contributed by atoms with E-state index in [4.69, 9.17) is 5.73 Å². The number of nitro benzene ring substituents is 1. The van der Waals surface area contributed by atoms with Crippen molar-refractivity contribution in [2.45, 2.75) is 18.9 Å². The van der Waals surface area contributed by atoms with Crippen molar-refractivity contribution in [3.63, 3.8) is 0 Å². The van der Waals surface area contributed by atoms with Crippen molar-refractivity contribution in [2.75, 3.05) is 5.73 Å². The van der Waals surface area contributed by atoms with Gasteiger partial charge in [-0.3, -0.25) is 10.1 Å². The molecule has 1 saturated carbocycles. The Kier molecular flexibility index (Phi) is 2.64. The number of hydrogen-bond donors (Lipinski definition) is 1. The predicted molar refractivity (Wildman–Crippen MR) is 71.7 cm³/mol. The van der Waals surface area contributed by atoms with Crippen molar-refractivity contribution in [2.24, 2.45) is 0 Å². The molecule has 3 rings (SSSR count). The maximum Gasteiger partial charge on any atom is 0.269 e. The summed E-state index contributed by atoms with van der Waals surface area (Å²) >= 11 is 0. The molecule has 2 N–H and O–H groups in total. The van der Waals surface area contributed by atoms with Crippen LogP contribution in [0.25, 0.3) is 11.3 Å². The Labute approximate surface area is 114 Å². The van der Waals surface area contributed by atoms with Crippen molar-refractivity contribution < 1.29 is 4.92 Å². The number of benzene rings is 1. The van der Waals surface area contributed by atoms with Gasteiger partial charge in [0.15, 0.2) is 0 Å². The lowest BCUT2D eigenvalue weighted by molar-refractivity contribution is -0.384. The maximum atomic E-state index is 10.6. The largest absolute Gasteiger partial charge is 0.383 e. The highest BCUT2D eigenvalue weighted by atomic mass is 16.6. The molecule has 2 aromatic rings. The van der Waals surface area contributed by atoms with Crippen LogP contribution in [0.5, 0.6) is 0 Å². The molecule has 0 saturated heterocycles. The number of nitrogens with two attached hydrogens (primary N) is 1. The maximum absolute atomic E-state index is 10.6. The van der Waals surface area contributed by atoms with Crippen LogP contribution in [0.4, 0.5) is 11.5 Å². The van der Waals surface area contributed by atoms with E-state index in [0.717, 1.165) is 12.8 Å². The minimum atomic E-state index is -0.466. The molecule has 1 fully saturated rings. The number of rotatable bonds is 3. The molecule has 1 aliphatic carbocycles. The van der Waals surface area contributed by atoms with Crippen LogP contribution in [-0.4, -0.2) is 14.7 Å². The molecule has 1 aromatic heterocycles. The number of non-ortho nitro benzene ring substituents is 1. The molecule has 100 valence electrons. The van der Waals surface area contributed by atoms with Gasteiger partial charge in [-0.25, -0.2) is 4.68 Å². The number of nitrogens with zero attached hydrogens (tertiary/aromatic N) is 4. The fraction of sp³-hybridized carbons (Fsp3) is 0.231. The molecule has 0 aliphatic heterocycles. The standard InChI is InChI=1S/C13H11N5O2/c14-7-11-12(16-17(13(11)15)9-5-6-9)8-1-3-10(4-2-8)18(19)20/h1-4,9H,5-6,15H2. The van der Waals surface area contributed by atoms with Gasteiger partial charge in [0.25, 0.3) is 5.69 Å². The van der Waals surface area contributed by atoms with Crippen LogP contribution in [0, 0.1) is 21.4 Å². The third kappa shape index (κ3) is 1.87. The number of nitro groups is 1. The Balaban J connectivity index is 2.07. The monoisotopic (exact) mass is 269 g/mol. The van der Waals surface area contributed by atoms with E-state index in [2.05, 4.69) is 11.2 Å². The summed E-state index contributed by atoms with van der Waals surface area (Å²) < 4.78 is 1.68. The van der Waals surface area contributed by atoms with Gasteiger partial charge in [0.2, 0.25) is 0 Å². The number of anilines is 1. The minimum Gasteiger partial charge on any atom is -0.383 e. The first kappa shape index (κ1) is 12.2. The third-order valence-electron chi connectivity index (χ3n) is 3.30. The topological polar surface area (TPSA) is 111 Å². The molecule has 0 unspecified atom stereocenters. The van der Waals surface area contributed by atoms with E-state index >= 15 is 0 Å². The molecule has 1 heterocycles. The fourth-order valence-corrected chi connectivity index (χ4v) is 2.10. The molecule has 7 heteroatoms. The third-order valence-corrected chi connectivity index (χ3v) is 3.30. The zero-order valence-corrected chi connectivity index (χ0v) is 10.5. The zero-order chi connectivity index (χ0) is 14.3. The summed E-state index contributed by atoms with van der Waals surface area (Å²) in [6.45, 7) is 0. The molecule has 7 nitrogen and oxygen atoms in total. The number of hydrogen-bond acceptors (Lipinski definition) is 5. The van der Waals surface area contributed by atoms with Crippen LogP contribution in [-0.2, 0) is 0 Å². The lowest BCUT2D eigenvalue weighted by atomic mass is 10.1. The van der Waals surface area contributed by atoms with Gasteiger partial charge < -0.3 is 5.73 Å². The molecule has 0 spiro atoms. The van der Waals surface area contributed by atoms with Crippen LogP contribution in [0.15, 0.2) is 24.3 Å². The molecule has 1 aliphatic rings. The Bertz CT molecular complexity index is 722. The van der Waals surface area contributed by atoms with E-state index in [1.807, 2.05) is 0 Å². The molecule has 0 radical (unpaired) electrons. The highest BCUT2D eigenvalue weighted by Gasteiger charge is 2.29. The van der Waals surface area contributed by atoms with Crippen molar-refractivity contribution in [3.05, 3.63) is 39.9 Å². The van der Waals surface area contributed by atoms with Gasteiger partial charge in [0.05, 0.1) is 11.0 Å². The van der Waals surface area contributed by atoms with Crippen LogP contribution in [0.2, 0.25) is 0 Å². The normalized spacial score (nSPS) is 13.9. The molecular formula is C13H11N5O2. The van der Waals surface area contributed by atoms with Crippen molar-refractivity contribution in [3.8, 4) is 17.3 Å². The second-order valence-corrected chi connectivity index (χ2v) is 4.70. The van der Waals surface area contributed by atoms with Crippen LogP contribution >= 0.6 is 0 Å². The molecule has 20 heavy (non-hydrogen) atoms. The summed E-state index contributed by atoms with van der Waals surface area (Å²) in [4.78, 5) is 10.2. The lowest BCUT2D eigenvalue weighted by Gasteiger charge is -1.98. The van der Waals surface area contributed by atoms with Gasteiger partial charge in [-0.2, -0.15) is 10.4 Å². The summed E-state index contributed by atoms with van der Waals surface area (Å²) in [7, 11) is 0. The summed E-state index contributed by atoms with van der Waals surface area (Å²) in [5.74, 6) is 0.364. The number of nitrogen functional groups attached to an aromatic ring is 1. The quantitative estimate of drug-likeness (QED) is 0.678. The number of nitriles is 1. The van der Waals surface area contributed by atoms with Crippen LogP contribution in [0.1, 0.15) is 24.4 Å². The Morgan fingerprint density at radius 3 is 2.55 bits per heavy atom. The number of aromatic nitrogens is 2. The minimum absolute atomic E-state index is 0.00172. The van der Waals surface area contributed by atoms with E-state index < -0.39 is 4.92 Å². The Morgan fingerprint density at radius 1 is 1.40 bits per heavy atom. The van der Waals surface area contributed by atoms with E-state index in [1.54, 1.807) is 16.8 Å². The van der Waals surface area contributed by atoms with Gasteiger partial charge in [0, 0.05) is 17.7 Å². The van der Waals surface area contributed by atoms with Crippen LogP contribution in [0.3, 0.4) is 0 Å². The van der Waals surface area contributed by atoms with Gasteiger partial charge in [-0.05, 0) is 25.0 Å². The highest BCUT2D eigenvalue weighted by molar-refractivity contribution is 5.73. The molecule has 0 amide bonds. The zero-order valence-electron chi connectivity index (χ0n) is 10.5. The molecule has 0 bridgehead atoms. The van der Waals surface area contributed by atoms with E-state index in [-0.39, 0.29) is 11.7 Å². The molecule has 1 aromatic carbocycles. The molecule has 0 atom stereocenters. The van der Waals surface area contributed by atoms with Crippen molar-refractivity contribution >= 4 is 11.5 Å². The van der Waals surface area contributed by atoms with Gasteiger partial charge >= 0.3 is 0 Å². The Hall–Kier alpha value is -2.88. The summed E-state index contributed by atoms with van der Waals surface area (Å²) in [6, 6.07) is 8.28. The lowest BCUT2D eigenvalue weighted by Crippen LogP contribution is -2.02. The van der Waals surface area contributed by atoms with E-state index in [1.165, 1.54) is 12.1 Å². The molecular weight excluding hydrogens is 258 g/mol. The first-order valence-corrected chi connectivity index (χ1v) is 6.14. The second-order valence-electron chi connectivity index (χ2n) is 4.70. The van der Waals surface area contributed by atoms with Gasteiger partial charge in [-0.15, -0.1) is 0 Å². The summed E-state index contributed by atoms with van der Waals surface area (Å²) in [5.41, 5.74) is 7.40. The average molecular weight is 269 g/mol. The summed E-state index contributed by atoms with van der Waals surface area (Å²) in [6.07, 6.45) is 2.02. The highest BCUT2D eigenvalue weighted by Crippen LogP contribution is 2.39. The van der Waals surface area contributed by atoms with Gasteiger partial charge in [-0.1, -0.05) is 0 Å². The first-order valence-electron chi connectivity index (χ1n) is 6.14. The van der Waals surface area contributed by atoms with E-state index in [0.29, 0.717) is 22.6 Å². The second kappa shape index (κ2) is 4.35. The van der Waals surface area contributed by atoms with Crippen LogP contribution < -0.4 is 5.73 Å². The average Bonchev–Trinajstić information content (AvgIpc) is 3.23. The van der Waals surface area contributed by atoms with Crippen molar-refractivity contribution in [1.29, 1.82) is 5.26 Å².